The van der Waals surface area contributed by atoms with E-state index in [2.05, 4.69) is 24.1 Å². The smallest absolute Gasteiger partial charge is 0.240 e. The van der Waals surface area contributed by atoms with Crippen molar-refractivity contribution in [3.8, 4) is 0 Å². The van der Waals surface area contributed by atoms with Crippen molar-refractivity contribution in [2.45, 2.75) is 45.2 Å². The van der Waals surface area contributed by atoms with Crippen LogP contribution in [0.4, 0.5) is 0 Å². The van der Waals surface area contributed by atoms with Gasteiger partial charge in [0, 0.05) is 24.1 Å². The Labute approximate surface area is 109 Å². The lowest BCUT2D eigenvalue weighted by molar-refractivity contribution is -0.136. The molecule has 2 fully saturated rings. The van der Waals surface area contributed by atoms with Crippen LogP contribution in [0.3, 0.4) is 0 Å². The highest BCUT2D eigenvalue weighted by molar-refractivity contribution is 7.99. The summed E-state index contributed by atoms with van der Waals surface area (Å²) in [5.74, 6) is 3.27. The lowest BCUT2D eigenvalue weighted by Crippen LogP contribution is -2.54. The number of thioether (sulfide) groups is 1. The Kier molecular flexibility index (Phi) is 4.74. The fourth-order valence-electron chi connectivity index (χ4n) is 2.81. The molecule has 2 rings (SSSR count). The molecule has 2 aliphatic rings. The summed E-state index contributed by atoms with van der Waals surface area (Å²) in [6.45, 7) is 6.34. The van der Waals surface area contributed by atoms with Crippen molar-refractivity contribution in [3.63, 3.8) is 0 Å². The molecule has 0 aliphatic carbocycles. The topological polar surface area (TPSA) is 32.3 Å². The minimum absolute atomic E-state index is 0.0826. The molecule has 3 unspecified atom stereocenters. The van der Waals surface area contributed by atoms with Gasteiger partial charge in [0.25, 0.3) is 0 Å². The molecule has 0 radical (unpaired) electrons. The Bertz CT molecular complexity index is 272. The first-order chi connectivity index (χ1) is 8.22. The molecule has 0 aromatic rings. The van der Waals surface area contributed by atoms with Gasteiger partial charge in [0.1, 0.15) is 0 Å². The van der Waals surface area contributed by atoms with E-state index in [0.717, 1.165) is 36.9 Å². The van der Waals surface area contributed by atoms with Gasteiger partial charge in [-0.15, -0.1) is 0 Å². The third kappa shape index (κ3) is 3.16. The zero-order chi connectivity index (χ0) is 12.3. The quantitative estimate of drug-likeness (QED) is 0.816. The predicted octanol–water partition coefficient (Wildman–Crippen LogP) is 1.73. The minimum Gasteiger partial charge on any atom is -0.337 e. The van der Waals surface area contributed by atoms with Crippen LogP contribution in [-0.4, -0.2) is 47.5 Å². The molecule has 17 heavy (non-hydrogen) atoms. The summed E-state index contributed by atoms with van der Waals surface area (Å²) < 4.78 is 0. The van der Waals surface area contributed by atoms with E-state index in [9.17, 15) is 4.79 Å². The SMILES string of the molecule is CCC1CCNC(C(=O)N2CCSCC2C)C1. The lowest BCUT2D eigenvalue weighted by atomic mass is 9.89. The average molecular weight is 256 g/mol. The van der Waals surface area contributed by atoms with E-state index in [0.29, 0.717) is 11.9 Å². The molecule has 3 atom stereocenters. The van der Waals surface area contributed by atoms with Crippen LogP contribution in [-0.2, 0) is 4.79 Å². The average Bonchev–Trinajstić information content (AvgIpc) is 2.38. The molecule has 0 aromatic carbocycles. The van der Waals surface area contributed by atoms with Crippen molar-refractivity contribution in [3.05, 3.63) is 0 Å². The van der Waals surface area contributed by atoms with Gasteiger partial charge in [0.05, 0.1) is 6.04 Å². The Morgan fingerprint density at radius 1 is 1.53 bits per heavy atom. The minimum atomic E-state index is 0.0826. The second-order valence-electron chi connectivity index (χ2n) is 5.26. The number of nitrogens with zero attached hydrogens (tertiary/aromatic N) is 1. The van der Waals surface area contributed by atoms with Crippen LogP contribution in [0, 0.1) is 5.92 Å². The van der Waals surface area contributed by atoms with Gasteiger partial charge >= 0.3 is 0 Å². The standard InChI is InChI=1S/C13H24N2OS/c1-3-11-4-5-14-12(8-11)13(16)15-6-7-17-9-10(15)2/h10-12,14H,3-9H2,1-2H3. The number of hydrogen-bond acceptors (Lipinski definition) is 3. The highest BCUT2D eigenvalue weighted by Crippen LogP contribution is 2.23. The molecular formula is C13H24N2OS. The summed E-state index contributed by atoms with van der Waals surface area (Å²) in [4.78, 5) is 14.6. The fourth-order valence-corrected chi connectivity index (χ4v) is 3.82. The Hall–Kier alpha value is -0.220. The van der Waals surface area contributed by atoms with Crippen LogP contribution in [0.25, 0.3) is 0 Å². The summed E-state index contributed by atoms with van der Waals surface area (Å²) in [5, 5.41) is 3.40. The largest absolute Gasteiger partial charge is 0.337 e. The monoisotopic (exact) mass is 256 g/mol. The Balaban J connectivity index is 1.93. The number of carbonyl (C=O) groups is 1. The maximum absolute atomic E-state index is 12.5. The summed E-state index contributed by atoms with van der Waals surface area (Å²) in [6, 6.07) is 0.490. The van der Waals surface area contributed by atoms with E-state index in [4.69, 9.17) is 0 Å². The first-order valence-corrected chi connectivity index (χ1v) is 7.99. The molecule has 3 nitrogen and oxygen atoms in total. The molecular weight excluding hydrogens is 232 g/mol. The summed E-state index contributed by atoms with van der Waals surface area (Å²) in [7, 11) is 0. The molecule has 0 bridgehead atoms. The fraction of sp³-hybridized carbons (Fsp3) is 0.923. The van der Waals surface area contributed by atoms with E-state index in [-0.39, 0.29) is 6.04 Å². The van der Waals surface area contributed by atoms with Gasteiger partial charge in [0.15, 0.2) is 0 Å². The van der Waals surface area contributed by atoms with Crippen molar-refractivity contribution in [1.29, 1.82) is 0 Å². The van der Waals surface area contributed by atoms with E-state index >= 15 is 0 Å². The number of nitrogens with one attached hydrogen (secondary N) is 1. The third-order valence-electron chi connectivity index (χ3n) is 4.04. The molecule has 2 saturated heterocycles. The molecule has 0 aromatic heterocycles. The number of hydrogen-bond donors (Lipinski definition) is 1. The molecule has 2 heterocycles. The first-order valence-electron chi connectivity index (χ1n) is 6.84. The van der Waals surface area contributed by atoms with Gasteiger partial charge in [0.2, 0.25) is 5.91 Å². The van der Waals surface area contributed by atoms with Crippen LogP contribution < -0.4 is 5.32 Å². The van der Waals surface area contributed by atoms with Gasteiger partial charge in [-0.1, -0.05) is 13.3 Å². The maximum Gasteiger partial charge on any atom is 0.240 e. The molecule has 98 valence electrons. The van der Waals surface area contributed by atoms with E-state index < -0.39 is 0 Å². The van der Waals surface area contributed by atoms with Crippen LogP contribution in [0.2, 0.25) is 0 Å². The molecule has 2 aliphatic heterocycles. The van der Waals surface area contributed by atoms with Crippen molar-refractivity contribution >= 4 is 17.7 Å². The highest BCUT2D eigenvalue weighted by atomic mass is 32.2. The third-order valence-corrected chi connectivity index (χ3v) is 5.23. The lowest BCUT2D eigenvalue weighted by Gasteiger charge is -2.38. The van der Waals surface area contributed by atoms with E-state index in [1.807, 2.05) is 11.8 Å². The molecule has 0 saturated carbocycles. The zero-order valence-corrected chi connectivity index (χ0v) is 11.8. The van der Waals surface area contributed by atoms with Gasteiger partial charge in [-0.3, -0.25) is 4.79 Å². The second kappa shape index (κ2) is 6.10. The molecule has 1 N–H and O–H groups in total. The molecule has 4 heteroatoms. The number of piperidine rings is 1. The zero-order valence-electron chi connectivity index (χ0n) is 10.9. The van der Waals surface area contributed by atoms with E-state index in [1.54, 1.807) is 0 Å². The van der Waals surface area contributed by atoms with Crippen LogP contribution in [0.1, 0.15) is 33.1 Å². The number of carbonyl (C=O) groups excluding carboxylic acids is 1. The predicted molar refractivity (Wildman–Crippen MR) is 73.3 cm³/mol. The van der Waals surface area contributed by atoms with Crippen LogP contribution >= 0.6 is 11.8 Å². The normalized spacial score (nSPS) is 34.7. The summed E-state index contributed by atoms with van der Waals surface area (Å²) in [6.07, 6.45) is 3.47. The van der Waals surface area contributed by atoms with Crippen molar-refractivity contribution in [2.75, 3.05) is 24.6 Å². The molecule has 0 spiro atoms. The van der Waals surface area contributed by atoms with Crippen LogP contribution in [0.5, 0.6) is 0 Å². The Morgan fingerprint density at radius 3 is 3.06 bits per heavy atom. The number of rotatable bonds is 2. The summed E-state index contributed by atoms with van der Waals surface area (Å²) in [5.41, 5.74) is 0. The van der Waals surface area contributed by atoms with Crippen molar-refractivity contribution in [2.24, 2.45) is 5.92 Å². The van der Waals surface area contributed by atoms with Crippen molar-refractivity contribution < 1.29 is 4.79 Å². The Morgan fingerprint density at radius 2 is 2.35 bits per heavy atom. The van der Waals surface area contributed by atoms with Gasteiger partial charge < -0.3 is 10.2 Å². The first kappa shape index (κ1) is 13.2. The summed E-state index contributed by atoms with van der Waals surface area (Å²) >= 11 is 1.96. The van der Waals surface area contributed by atoms with Gasteiger partial charge in [-0.25, -0.2) is 0 Å². The van der Waals surface area contributed by atoms with Crippen molar-refractivity contribution in [1.82, 2.24) is 10.2 Å². The number of amides is 1. The second-order valence-corrected chi connectivity index (χ2v) is 6.41. The maximum atomic E-state index is 12.5. The molecule has 1 amide bonds. The van der Waals surface area contributed by atoms with Gasteiger partial charge in [-0.2, -0.15) is 11.8 Å². The van der Waals surface area contributed by atoms with Crippen LogP contribution in [0.15, 0.2) is 0 Å². The van der Waals surface area contributed by atoms with E-state index in [1.165, 1.54) is 12.8 Å². The van der Waals surface area contributed by atoms with Gasteiger partial charge in [-0.05, 0) is 32.2 Å². The highest BCUT2D eigenvalue weighted by Gasteiger charge is 2.32.